The second-order valence-electron chi connectivity index (χ2n) is 4.66. The third-order valence-corrected chi connectivity index (χ3v) is 4.62. The molecule has 1 aromatic heterocycles. The van der Waals surface area contributed by atoms with E-state index in [0.29, 0.717) is 13.0 Å². The van der Waals surface area contributed by atoms with Gasteiger partial charge in [0.05, 0.1) is 15.9 Å². The number of H-pyrrole nitrogens is 1. The summed E-state index contributed by atoms with van der Waals surface area (Å²) in [6, 6.07) is 16.1. The molecular formula is C15H15N3O2S. The highest BCUT2D eigenvalue weighted by atomic mass is 32.2. The first kappa shape index (κ1) is 13.8. The number of rotatable bonds is 5. The number of nitrogens with one attached hydrogen (secondary N) is 2. The van der Waals surface area contributed by atoms with Crippen LogP contribution in [0.1, 0.15) is 5.82 Å². The van der Waals surface area contributed by atoms with Crippen molar-refractivity contribution in [2.24, 2.45) is 0 Å². The molecule has 21 heavy (non-hydrogen) atoms. The number of fused-ring (bicyclic) bond motifs is 1. The molecule has 3 rings (SSSR count). The summed E-state index contributed by atoms with van der Waals surface area (Å²) >= 11 is 0. The van der Waals surface area contributed by atoms with Crippen LogP contribution in [0.2, 0.25) is 0 Å². The summed E-state index contributed by atoms with van der Waals surface area (Å²) in [7, 11) is -3.45. The molecule has 0 fully saturated rings. The Morgan fingerprint density at radius 3 is 2.48 bits per heavy atom. The number of sulfonamides is 1. The van der Waals surface area contributed by atoms with E-state index in [1.165, 1.54) is 0 Å². The predicted octanol–water partition coefficient (Wildman–Crippen LogP) is 2.08. The molecule has 0 saturated heterocycles. The van der Waals surface area contributed by atoms with E-state index in [4.69, 9.17) is 0 Å². The minimum absolute atomic E-state index is 0.273. The summed E-state index contributed by atoms with van der Waals surface area (Å²) in [6.07, 6.45) is 0.515. The first-order valence-corrected chi connectivity index (χ1v) is 8.12. The first-order valence-electron chi connectivity index (χ1n) is 6.63. The van der Waals surface area contributed by atoms with Crippen LogP contribution in [0.3, 0.4) is 0 Å². The van der Waals surface area contributed by atoms with Gasteiger partial charge >= 0.3 is 0 Å². The molecule has 1 heterocycles. The summed E-state index contributed by atoms with van der Waals surface area (Å²) in [5.74, 6) is 0.770. The molecular weight excluding hydrogens is 286 g/mol. The number of para-hydroxylation sites is 2. The van der Waals surface area contributed by atoms with E-state index in [1.54, 1.807) is 30.3 Å². The summed E-state index contributed by atoms with van der Waals surface area (Å²) in [4.78, 5) is 7.86. The molecule has 5 nitrogen and oxygen atoms in total. The molecule has 0 spiro atoms. The van der Waals surface area contributed by atoms with Crippen molar-refractivity contribution in [2.75, 3.05) is 6.54 Å². The van der Waals surface area contributed by atoms with Gasteiger partial charge in [-0.2, -0.15) is 0 Å². The highest BCUT2D eigenvalue weighted by Crippen LogP contribution is 2.11. The average Bonchev–Trinajstić information content (AvgIpc) is 2.90. The first-order chi connectivity index (χ1) is 10.1. The van der Waals surface area contributed by atoms with E-state index >= 15 is 0 Å². The molecule has 6 heteroatoms. The molecule has 0 bridgehead atoms. The Bertz CT molecular complexity index is 808. The van der Waals surface area contributed by atoms with Gasteiger partial charge in [-0.25, -0.2) is 18.1 Å². The lowest BCUT2D eigenvalue weighted by atomic mass is 10.3. The summed E-state index contributed by atoms with van der Waals surface area (Å²) < 4.78 is 26.7. The maximum Gasteiger partial charge on any atom is 0.240 e. The van der Waals surface area contributed by atoms with Gasteiger partial charge in [0.2, 0.25) is 10.0 Å². The molecule has 3 aromatic rings. The number of hydrogen-bond acceptors (Lipinski definition) is 3. The number of benzene rings is 2. The lowest BCUT2D eigenvalue weighted by Gasteiger charge is -2.05. The predicted molar refractivity (Wildman–Crippen MR) is 81.4 cm³/mol. The SMILES string of the molecule is O=S(=O)(NCCc1nc2ccccc2[nH]1)c1ccccc1. The van der Waals surface area contributed by atoms with Crippen molar-refractivity contribution in [1.82, 2.24) is 14.7 Å². The van der Waals surface area contributed by atoms with Gasteiger partial charge in [-0.05, 0) is 24.3 Å². The third kappa shape index (κ3) is 3.12. The molecule has 0 aliphatic carbocycles. The number of imidazole rings is 1. The van der Waals surface area contributed by atoms with Crippen LogP contribution < -0.4 is 4.72 Å². The van der Waals surface area contributed by atoms with Crippen molar-refractivity contribution in [2.45, 2.75) is 11.3 Å². The number of aromatic nitrogens is 2. The summed E-state index contributed by atoms with van der Waals surface area (Å²) in [5.41, 5.74) is 1.84. The third-order valence-electron chi connectivity index (χ3n) is 3.15. The van der Waals surface area contributed by atoms with Crippen LogP contribution in [0.5, 0.6) is 0 Å². The smallest absolute Gasteiger partial charge is 0.240 e. The Labute approximate surface area is 123 Å². The number of nitrogens with zero attached hydrogens (tertiary/aromatic N) is 1. The van der Waals surface area contributed by atoms with Gasteiger partial charge in [-0.3, -0.25) is 0 Å². The monoisotopic (exact) mass is 301 g/mol. The minimum Gasteiger partial charge on any atom is -0.342 e. The van der Waals surface area contributed by atoms with Crippen LogP contribution in [0.25, 0.3) is 11.0 Å². The van der Waals surface area contributed by atoms with Crippen LogP contribution in [-0.4, -0.2) is 24.9 Å². The van der Waals surface area contributed by atoms with E-state index in [0.717, 1.165) is 16.9 Å². The summed E-state index contributed by atoms with van der Waals surface area (Å²) in [6.45, 7) is 0.303. The van der Waals surface area contributed by atoms with Crippen LogP contribution in [-0.2, 0) is 16.4 Å². The Kier molecular flexibility index (Phi) is 3.72. The van der Waals surface area contributed by atoms with Crippen LogP contribution >= 0.6 is 0 Å². The van der Waals surface area contributed by atoms with Gasteiger partial charge in [0.1, 0.15) is 5.82 Å². The largest absolute Gasteiger partial charge is 0.342 e. The molecule has 0 atom stereocenters. The molecule has 0 amide bonds. The topological polar surface area (TPSA) is 74.8 Å². The van der Waals surface area contributed by atoms with E-state index in [1.807, 2.05) is 24.3 Å². The van der Waals surface area contributed by atoms with Gasteiger partial charge < -0.3 is 4.98 Å². The molecule has 0 radical (unpaired) electrons. The second-order valence-corrected chi connectivity index (χ2v) is 6.43. The Hall–Kier alpha value is -2.18. The highest BCUT2D eigenvalue weighted by molar-refractivity contribution is 7.89. The normalized spacial score (nSPS) is 11.8. The van der Waals surface area contributed by atoms with Gasteiger partial charge in [0, 0.05) is 13.0 Å². The van der Waals surface area contributed by atoms with E-state index in [9.17, 15) is 8.42 Å². The maximum absolute atomic E-state index is 12.1. The fourth-order valence-electron chi connectivity index (χ4n) is 2.11. The number of aromatic amines is 1. The van der Waals surface area contributed by atoms with Crippen LogP contribution in [0.4, 0.5) is 0 Å². The fourth-order valence-corrected chi connectivity index (χ4v) is 3.16. The van der Waals surface area contributed by atoms with E-state index in [2.05, 4.69) is 14.7 Å². The molecule has 0 aliphatic heterocycles. The molecule has 108 valence electrons. The molecule has 2 N–H and O–H groups in total. The molecule has 0 unspecified atom stereocenters. The Morgan fingerprint density at radius 1 is 1.00 bits per heavy atom. The van der Waals surface area contributed by atoms with Crippen LogP contribution in [0.15, 0.2) is 59.5 Å². The Balaban J connectivity index is 1.66. The zero-order valence-electron chi connectivity index (χ0n) is 11.3. The molecule has 0 aliphatic rings. The number of hydrogen-bond donors (Lipinski definition) is 2. The van der Waals surface area contributed by atoms with E-state index < -0.39 is 10.0 Å². The zero-order chi connectivity index (χ0) is 14.7. The lowest BCUT2D eigenvalue weighted by Crippen LogP contribution is -2.26. The van der Waals surface area contributed by atoms with Crippen molar-refractivity contribution in [3.8, 4) is 0 Å². The van der Waals surface area contributed by atoms with Crippen molar-refractivity contribution in [1.29, 1.82) is 0 Å². The standard InChI is InChI=1S/C15H15N3O2S/c19-21(20,12-6-2-1-3-7-12)16-11-10-15-17-13-8-4-5-9-14(13)18-15/h1-9,16H,10-11H2,(H,17,18). The average molecular weight is 301 g/mol. The van der Waals surface area contributed by atoms with Crippen molar-refractivity contribution >= 4 is 21.1 Å². The van der Waals surface area contributed by atoms with Gasteiger partial charge in [0.25, 0.3) is 0 Å². The van der Waals surface area contributed by atoms with Crippen LogP contribution in [0, 0.1) is 0 Å². The maximum atomic E-state index is 12.1. The van der Waals surface area contributed by atoms with Crippen molar-refractivity contribution in [3.05, 3.63) is 60.4 Å². The van der Waals surface area contributed by atoms with Gasteiger partial charge in [-0.1, -0.05) is 30.3 Å². The van der Waals surface area contributed by atoms with Gasteiger partial charge in [0.15, 0.2) is 0 Å². The zero-order valence-corrected chi connectivity index (χ0v) is 12.1. The Morgan fingerprint density at radius 2 is 1.71 bits per heavy atom. The fraction of sp³-hybridized carbons (Fsp3) is 0.133. The lowest BCUT2D eigenvalue weighted by molar-refractivity contribution is 0.581. The van der Waals surface area contributed by atoms with Gasteiger partial charge in [-0.15, -0.1) is 0 Å². The van der Waals surface area contributed by atoms with E-state index in [-0.39, 0.29) is 4.90 Å². The van der Waals surface area contributed by atoms with Crippen molar-refractivity contribution in [3.63, 3.8) is 0 Å². The summed E-state index contributed by atoms with van der Waals surface area (Å²) in [5, 5.41) is 0. The highest BCUT2D eigenvalue weighted by Gasteiger charge is 2.12. The molecule has 2 aromatic carbocycles. The minimum atomic E-state index is -3.45. The molecule has 0 saturated carbocycles. The second kappa shape index (κ2) is 5.67. The van der Waals surface area contributed by atoms with Crippen molar-refractivity contribution < 1.29 is 8.42 Å². The quantitative estimate of drug-likeness (QED) is 0.757.